The highest BCUT2D eigenvalue weighted by Gasteiger charge is 2.10. The molecule has 26 heavy (non-hydrogen) atoms. The third-order valence-electron chi connectivity index (χ3n) is 3.87. The van der Waals surface area contributed by atoms with Crippen LogP contribution >= 0.6 is 34.8 Å². The fourth-order valence-corrected chi connectivity index (χ4v) is 3.34. The summed E-state index contributed by atoms with van der Waals surface area (Å²) in [5, 5.41) is 1.81. The predicted molar refractivity (Wildman–Crippen MR) is 104 cm³/mol. The van der Waals surface area contributed by atoms with E-state index in [9.17, 15) is 0 Å². The number of aromatic nitrogens is 4. The number of hydrogen-bond acceptors (Lipinski definition) is 3. The Morgan fingerprint density at radius 2 is 1.77 bits per heavy atom. The second-order valence-corrected chi connectivity index (χ2v) is 6.84. The van der Waals surface area contributed by atoms with E-state index in [0.29, 0.717) is 38.4 Å². The predicted octanol–water partition coefficient (Wildman–Crippen LogP) is 5.00. The minimum absolute atomic E-state index is 0.449. The number of halogens is 3. The number of rotatable bonds is 3. The summed E-state index contributed by atoms with van der Waals surface area (Å²) in [4.78, 5) is 16.5. The molecule has 0 amide bonds. The number of fused-ring (bicyclic) bond motifs is 1. The van der Waals surface area contributed by atoms with Crippen LogP contribution in [0.5, 0.6) is 0 Å². The Morgan fingerprint density at radius 1 is 1.00 bits per heavy atom. The van der Waals surface area contributed by atoms with Gasteiger partial charge in [0.25, 0.3) is 0 Å². The molecule has 1 N–H and O–H groups in total. The lowest BCUT2D eigenvalue weighted by molar-refractivity contribution is 0.786. The van der Waals surface area contributed by atoms with Crippen LogP contribution in [0.15, 0.2) is 60.1 Å². The maximum absolute atomic E-state index is 6.28. The molecule has 0 aliphatic rings. The third-order valence-corrected chi connectivity index (χ3v) is 4.81. The molecule has 0 aliphatic heterocycles. The fraction of sp³-hybridized carbons (Fsp3) is 0.0556. The van der Waals surface area contributed by atoms with Crippen LogP contribution in [0.3, 0.4) is 0 Å². The maximum Gasteiger partial charge on any atom is 0.181 e. The number of hydrogen-bond donors (Lipinski definition) is 1. The Hall–Kier alpha value is -2.34. The largest absolute Gasteiger partial charge is 0.340 e. The van der Waals surface area contributed by atoms with Crippen molar-refractivity contribution in [2.45, 2.75) is 6.54 Å². The van der Waals surface area contributed by atoms with Crippen molar-refractivity contribution in [3.63, 3.8) is 0 Å². The molecule has 5 nitrogen and oxygen atoms in total. The molecule has 0 unspecified atom stereocenters. The van der Waals surface area contributed by atoms with Gasteiger partial charge in [0.1, 0.15) is 5.52 Å². The van der Waals surface area contributed by atoms with E-state index >= 15 is 0 Å². The minimum Gasteiger partial charge on any atom is -0.340 e. The van der Waals surface area contributed by atoms with Gasteiger partial charge >= 0.3 is 0 Å². The van der Waals surface area contributed by atoms with E-state index in [4.69, 9.17) is 34.8 Å². The summed E-state index contributed by atoms with van der Waals surface area (Å²) in [6, 6.07) is 12.7. The second kappa shape index (κ2) is 7.11. The van der Waals surface area contributed by atoms with Crippen molar-refractivity contribution >= 4 is 51.7 Å². The third kappa shape index (κ3) is 3.33. The van der Waals surface area contributed by atoms with Crippen molar-refractivity contribution in [3.8, 4) is 0 Å². The van der Waals surface area contributed by atoms with Crippen LogP contribution in [0.4, 0.5) is 5.69 Å². The van der Waals surface area contributed by atoms with E-state index in [1.165, 1.54) is 0 Å². The first-order valence-electron chi connectivity index (χ1n) is 7.73. The number of aromatic amines is 1. The van der Waals surface area contributed by atoms with Gasteiger partial charge in [-0.25, -0.2) is 15.0 Å². The molecule has 8 heteroatoms. The summed E-state index contributed by atoms with van der Waals surface area (Å²) in [5.74, 6) is 0. The molecule has 2 aromatic carbocycles. The van der Waals surface area contributed by atoms with Gasteiger partial charge < -0.3 is 9.55 Å². The van der Waals surface area contributed by atoms with Crippen LogP contribution in [0.2, 0.25) is 15.1 Å². The lowest BCUT2D eigenvalue weighted by atomic mass is 10.2. The first-order chi connectivity index (χ1) is 12.6. The molecule has 0 saturated heterocycles. The maximum atomic E-state index is 6.28. The SMILES string of the molecule is Clc1cccc(N=c2ncn(Cc3c(Cl)cccc3Cl)c3nc[nH]c23)c1. The van der Waals surface area contributed by atoms with Crippen LogP contribution in [-0.2, 0) is 6.54 Å². The zero-order chi connectivity index (χ0) is 18.1. The van der Waals surface area contributed by atoms with Crippen LogP contribution in [0, 0.1) is 0 Å². The lowest BCUT2D eigenvalue weighted by Crippen LogP contribution is -2.14. The Morgan fingerprint density at radius 3 is 2.54 bits per heavy atom. The van der Waals surface area contributed by atoms with Crippen LogP contribution in [0.1, 0.15) is 5.56 Å². The topological polar surface area (TPSA) is 58.9 Å². The molecule has 4 rings (SSSR count). The summed E-state index contributed by atoms with van der Waals surface area (Å²) in [6.07, 6.45) is 3.28. The van der Waals surface area contributed by atoms with Gasteiger partial charge in [-0.2, -0.15) is 0 Å². The Kier molecular flexibility index (Phi) is 4.68. The number of imidazole rings is 1. The highest BCUT2D eigenvalue weighted by atomic mass is 35.5. The van der Waals surface area contributed by atoms with E-state index in [1.54, 1.807) is 36.9 Å². The van der Waals surface area contributed by atoms with Crippen molar-refractivity contribution in [2.24, 2.45) is 4.99 Å². The van der Waals surface area contributed by atoms with Gasteiger partial charge in [-0.05, 0) is 30.3 Å². The summed E-state index contributed by atoms with van der Waals surface area (Å²) in [7, 11) is 0. The minimum atomic E-state index is 0.449. The van der Waals surface area contributed by atoms with Crippen LogP contribution < -0.4 is 5.49 Å². The molecular weight excluding hydrogens is 393 g/mol. The van der Waals surface area contributed by atoms with Crippen molar-refractivity contribution < 1.29 is 0 Å². The zero-order valence-electron chi connectivity index (χ0n) is 13.3. The van der Waals surface area contributed by atoms with Gasteiger partial charge in [-0.3, -0.25) is 0 Å². The normalized spacial score (nSPS) is 12.0. The molecule has 4 aromatic rings. The first-order valence-corrected chi connectivity index (χ1v) is 8.87. The first kappa shape index (κ1) is 17.1. The number of H-pyrrole nitrogens is 1. The number of nitrogens with zero attached hydrogens (tertiary/aromatic N) is 4. The Bertz CT molecular complexity index is 1140. The van der Waals surface area contributed by atoms with Gasteiger partial charge in [0.15, 0.2) is 11.1 Å². The smallest absolute Gasteiger partial charge is 0.181 e. The van der Waals surface area contributed by atoms with Crippen molar-refractivity contribution in [2.75, 3.05) is 0 Å². The molecular formula is C18H12Cl3N5. The summed E-state index contributed by atoms with van der Waals surface area (Å²) in [6.45, 7) is 0.449. The molecule has 0 bridgehead atoms. The van der Waals surface area contributed by atoms with Crippen molar-refractivity contribution in [1.29, 1.82) is 0 Å². The molecule has 2 heterocycles. The quantitative estimate of drug-likeness (QED) is 0.522. The van der Waals surface area contributed by atoms with Gasteiger partial charge in [-0.15, -0.1) is 0 Å². The summed E-state index contributed by atoms with van der Waals surface area (Å²) < 4.78 is 1.87. The van der Waals surface area contributed by atoms with Crippen LogP contribution in [-0.4, -0.2) is 19.5 Å². The average molecular weight is 405 g/mol. The summed E-state index contributed by atoms with van der Waals surface area (Å²) in [5.41, 5.74) is 3.48. The highest BCUT2D eigenvalue weighted by Crippen LogP contribution is 2.25. The highest BCUT2D eigenvalue weighted by molar-refractivity contribution is 6.36. The molecule has 0 radical (unpaired) electrons. The number of nitrogens with one attached hydrogen (secondary N) is 1. The molecule has 0 atom stereocenters. The Labute approximate surface area is 163 Å². The van der Waals surface area contributed by atoms with Gasteiger partial charge in [-0.1, -0.05) is 46.9 Å². The second-order valence-electron chi connectivity index (χ2n) is 5.59. The molecule has 0 saturated carbocycles. The van der Waals surface area contributed by atoms with Gasteiger partial charge in [0.05, 0.1) is 24.9 Å². The fourth-order valence-electron chi connectivity index (χ4n) is 2.64. The standard InChI is InChI=1S/C18H12Cl3N5/c19-11-3-1-4-12(7-11)25-17-16-18(23-9-22-16)26(10-24-17)8-13-14(20)5-2-6-15(13)21/h1-7,9-10H,8H2,(H,22,23). The monoisotopic (exact) mass is 403 g/mol. The Balaban J connectivity index is 1.82. The lowest BCUT2D eigenvalue weighted by Gasteiger charge is -2.10. The van der Waals surface area contributed by atoms with E-state index in [-0.39, 0.29) is 0 Å². The van der Waals surface area contributed by atoms with E-state index in [2.05, 4.69) is 19.9 Å². The van der Waals surface area contributed by atoms with Crippen molar-refractivity contribution in [3.05, 3.63) is 81.2 Å². The summed E-state index contributed by atoms with van der Waals surface area (Å²) >= 11 is 18.6. The van der Waals surface area contributed by atoms with E-state index in [1.807, 2.05) is 22.8 Å². The van der Waals surface area contributed by atoms with E-state index < -0.39 is 0 Å². The molecule has 2 aromatic heterocycles. The van der Waals surface area contributed by atoms with E-state index in [0.717, 1.165) is 11.1 Å². The molecule has 0 aliphatic carbocycles. The van der Waals surface area contributed by atoms with Crippen molar-refractivity contribution in [1.82, 2.24) is 19.5 Å². The zero-order valence-corrected chi connectivity index (χ0v) is 15.6. The average Bonchev–Trinajstić information content (AvgIpc) is 3.10. The molecule has 0 fully saturated rings. The number of benzene rings is 2. The molecule has 0 spiro atoms. The molecule has 130 valence electrons. The van der Waals surface area contributed by atoms with Crippen LogP contribution in [0.25, 0.3) is 11.2 Å². The van der Waals surface area contributed by atoms with Gasteiger partial charge in [0.2, 0.25) is 0 Å². The van der Waals surface area contributed by atoms with Gasteiger partial charge in [0, 0.05) is 20.6 Å².